The van der Waals surface area contributed by atoms with Gasteiger partial charge >= 0.3 is 0 Å². The lowest BCUT2D eigenvalue weighted by Crippen LogP contribution is -2.22. The average molecular weight is 280 g/mol. The van der Waals surface area contributed by atoms with E-state index in [4.69, 9.17) is 10.00 Å². The van der Waals surface area contributed by atoms with Crippen LogP contribution in [0.1, 0.15) is 12.0 Å². The van der Waals surface area contributed by atoms with E-state index in [-0.39, 0.29) is 0 Å². The summed E-state index contributed by atoms with van der Waals surface area (Å²) in [5, 5.41) is 9.16. The topological polar surface area (TPSA) is 62.0 Å². The highest BCUT2D eigenvalue weighted by molar-refractivity contribution is 5.58. The molecule has 1 fully saturated rings. The van der Waals surface area contributed by atoms with Gasteiger partial charge in [0.25, 0.3) is 0 Å². The van der Waals surface area contributed by atoms with Gasteiger partial charge in [-0.3, -0.25) is 9.97 Å². The summed E-state index contributed by atoms with van der Waals surface area (Å²) in [6.07, 6.45) is 7.94. The number of ether oxygens (including phenoxy) is 1. The van der Waals surface area contributed by atoms with E-state index in [0.29, 0.717) is 18.1 Å². The summed E-state index contributed by atoms with van der Waals surface area (Å²) in [5.41, 5.74) is 1.60. The molecule has 0 aliphatic carbocycles. The van der Waals surface area contributed by atoms with Crippen LogP contribution < -0.4 is 9.64 Å². The van der Waals surface area contributed by atoms with Gasteiger partial charge in [0.2, 0.25) is 0 Å². The number of hydrogen-bond acceptors (Lipinski definition) is 5. The van der Waals surface area contributed by atoms with Crippen molar-refractivity contribution in [3.8, 4) is 11.8 Å². The average Bonchev–Trinajstić information content (AvgIpc) is 3.02. The van der Waals surface area contributed by atoms with Gasteiger partial charge in [-0.1, -0.05) is 0 Å². The van der Waals surface area contributed by atoms with Crippen molar-refractivity contribution in [2.75, 3.05) is 24.6 Å². The molecule has 106 valence electrons. The van der Waals surface area contributed by atoms with Gasteiger partial charge in [0.05, 0.1) is 24.1 Å². The Morgan fingerprint density at radius 3 is 2.86 bits per heavy atom. The minimum atomic E-state index is 0.463. The van der Waals surface area contributed by atoms with E-state index in [2.05, 4.69) is 20.9 Å². The fourth-order valence-corrected chi connectivity index (χ4v) is 2.57. The summed E-state index contributed by atoms with van der Waals surface area (Å²) in [5.74, 6) is 1.31. The molecule has 21 heavy (non-hydrogen) atoms. The van der Waals surface area contributed by atoms with Crippen LogP contribution in [0.4, 0.5) is 5.69 Å². The SMILES string of the molecule is N#Cc1ccncc1N1CCC(COc2ccncc2)C1. The normalized spacial score (nSPS) is 17.5. The zero-order valence-electron chi connectivity index (χ0n) is 11.6. The van der Waals surface area contributed by atoms with Crippen LogP contribution in [0.2, 0.25) is 0 Å². The summed E-state index contributed by atoms with van der Waals surface area (Å²) < 4.78 is 5.78. The monoisotopic (exact) mass is 280 g/mol. The lowest BCUT2D eigenvalue weighted by Gasteiger charge is -2.19. The number of nitrogens with zero attached hydrogens (tertiary/aromatic N) is 4. The molecule has 1 unspecified atom stereocenters. The van der Waals surface area contributed by atoms with Crippen LogP contribution >= 0.6 is 0 Å². The largest absolute Gasteiger partial charge is 0.493 e. The van der Waals surface area contributed by atoms with Crippen LogP contribution in [0.25, 0.3) is 0 Å². The van der Waals surface area contributed by atoms with Gasteiger partial charge in [0, 0.05) is 37.6 Å². The highest BCUT2D eigenvalue weighted by Gasteiger charge is 2.24. The number of anilines is 1. The van der Waals surface area contributed by atoms with Gasteiger partial charge in [-0.05, 0) is 24.6 Å². The summed E-state index contributed by atoms with van der Waals surface area (Å²) >= 11 is 0. The van der Waals surface area contributed by atoms with Crippen LogP contribution in [0.3, 0.4) is 0 Å². The van der Waals surface area contributed by atoms with E-state index in [1.54, 1.807) is 30.9 Å². The van der Waals surface area contributed by atoms with E-state index in [0.717, 1.165) is 30.9 Å². The van der Waals surface area contributed by atoms with Crippen molar-refractivity contribution >= 4 is 5.69 Å². The van der Waals surface area contributed by atoms with Crippen molar-refractivity contribution in [2.24, 2.45) is 5.92 Å². The van der Waals surface area contributed by atoms with Crippen LogP contribution in [0.15, 0.2) is 43.0 Å². The fourth-order valence-electron chi connectivity index (χ4n) is 2.57. The van der Waals surface area contributed by atoms with Crippen LogP contribution in [-0.4, -0.2) is 29.7 Å². The Bertz CT molecular complexity index is 638. The second-order valence-electron chi connectivity index (χ2n) is 5.10. The molecule has 0 amide bonds. The van der Waals surface area contributed by atoms with Gasteiger partial charge in [-0.25, -0.2) is 0 Å². The van der Waals surface area contributed by atoms with Gasteiger partial charge in [-0.15, -0.1) is 0 Å². The summed E-state index contributed by atoms with van der Waals surface area (Å²) in [6.45, 7) is 2.51. The van der Waals surface area contributed by atoms with Crippen LogP contribution in [0, 0.1) is 17.2 Å². The second-order valence-corrected chi connectivity index (χ2v) is 5.10. The van der Waals surface area contributed by atoms with Gasteiger partial charge in [0.1, 0.15) is 11.8 Å². The first-order chi connectivity index (χ1) is 10.4. The standard InChI is InChI=1S/C16H16N4O/c17-9-14-1-5-19-10-16(14)20-8-4-13(11-20)12-21-15-2-6-18-7-3-15/h1-3,5-7,10,13H,4,8,11-12H2. The molecule has 0 N–H and O–H groups in total. The third kappa shape index (κ3) is 3.11. The molecule has 5 nitrogen and oxygen atoms in total. The number of pyridine rings is 2. The lowest BCUT2D eigenvalue weighted by molar-refractivity contribution is 0.261. The molecule has 3 rings (SSSR count). The molecule has 2 aromatic heterocycles. The van der Waals surface area contributed by atoms with Crippen molar-refractivity contribution in [1.29, 1.82) is 5.26 Å². The molecule has 0 radical (unpaired) electrons. The van der Waals surface area contributed by atoms with Crippen LogP contribution in [-0.2, 0) is 0 Å². The number of rotatable bonds is 4. The van der Waals surface area contributed by atoms with E-state index in [1.165, 1.54) is 0 Å². The predicted molar refractivity (Wildman–Crippen MR) is 79.0 cm³/mol. The zero-order valence-corrected chi connectivity index (χ0v) is 11.6. The van der Waals surface area contributed by atoms with E-state index in [9.17, 15) is 0 Å². The molecule has 1 aliphatic heterocycles. The Morgan fingerprint density at radius 2 is 2.05 bits per heavy atom. The molecule has 0 saturated carbocycles. The Kier molecular flexibility index (Phi) is 3.97. The number of nitriles is 1. The second kappa shape index (κ2) is 6.23. The van der Waals surface area contributed by atoms with E-state index >= 15 is 0 Å². The first-order valence-electron chi connectivity index (χ1n) is 6.98. The van der Waals surface area contributed by atoms with Gasteiger partial charge < -0.3 is 9.64 Å². The number of aromatic nitrogens is 2. The molecule has 1 aliphatic rings. The maximum Gasteiger partial charge on any atom is 0.122 e. The van der Waals surface area contributed by atoms with Crippen molar-refractivity contribution in [1.82, 2.24) is 9.97 Å². The molecule has 1 saturated heterocycles. The van der Waals surface area contributed by atoms with E-state index < -0.39 is 0 Å². The van der Waals surface area contributed by atoms with Crippen molar-refractivity contribution in [3.05, 3.63) is 48.5 Å². The maximum atomic E-state index is 9.16. The first-order valence-corrected chi connectivity index (χ1v) is 6.98. The quantitative estimate of drug-likeness (QED) is 0.859. The van der Waals surface area contributed by atoms with Crippen molar-refractivity contribution in [3.63, 3.8) is 0 Å². The molecule has 1 atom stereocenters. The highest BCUT2D eigenvalue weighted by atomic mass is 16.5. The Hall–Kier alpha value is -2.61. The molecular weight excluding hydrogens is 264 g/mol. The van der Waals surface area contributed by atoms with E-state index in [1.807, 2.05) is 12.1 Å². The molecule has 0 spiro atoms. The minimum absolute atomic E-state index is 0.463. The first kappa shape index (κ1) is 13.4. The Morgan fingerprint density at radius 1 is 1.24 bits per heavy atom. The Labute approximate surface area is 123 Å². The third-order valence-electron chi connectivity index (χ3n) is 3.68. The summed E-state index contributed by atoms with van der Waals surface area (Å²) in [4.78, 5) is 10.3. The molecule has 2 aromatic rings. The lowest BCUT2D eigenvalue weighted by atomic mass is 10.1. The predicted octanol–water partition coefficient (Wildman–Crippen LogP) is 2.25. The van der Waals surface area contributed by atoms with Crippen LogP contribution in [0.5, 0.6) is 5.75 Å². The highest BCUT2D eigenvalue weighted by Crippen LogP contribution is 2.26. The molecule has 0 aromatic carbocycles. The summed E-state index contributed by atoms with van der Waals surface area (Å²) in [7, 11) is 0. The molecule has 3 heterocycles. The van der Waals surface area contributed by atoms with Gasteiger partial charge in [0.15, 0.2) is 0 Å². The number of hydrogen-bond donors (Lipinski definition) is 0. The smallest absolute Gasteiger partial charge is 0.122 e. The van der Waals surface area contributed by atoms with Crippen molar-refractivity contribution < 1.29 is 4.74 Å². The third-order valence-corrected chi connectivity index (χ3v) is 3.68. The zero-order chi connectivity index (χ0) is 14.5. The minimum Gasteiger partial charge on any atom is -0.493 e. The maximum absolute atomic E-state index is 9.16. The molecular formula is C16H16N4O. The molecule has 5 heteroatoms. The Balaban J connectivity index is 1.60. The van der Waals surface area contributed by atoms with Gasteiger partial charge in [-0.2, -0.15) is 5.26 Å². The van der Waals surface area contributed by atoms with Crippen molar-refractivity contribution in [2.45, 2.75) is 6.42 Å². The fraction of sp³-hybridized carbons (Fsp3) is 0.312. The summed E-state index contributed by atoms with van der Waals surface area (Å²) in [6, 6.07) is 7.71. The molecule has 0 bridgehead atoms.